The summed E-state index contributed by atoms with van der Waals surface area (Å²) >= 11 is 0. The number of fused-ring (bicyclic) bond motifs is 1. The van der Waals surface area contributed by atoms with Crippen molar-refractivity contribution in [2.75, 3.05) is 75.0 Å². The number of methoxy groups -OCH3 is 1. The van der Waals surface area contributed by atoms with E-state index in [-0.39, 0.29) is 42.0 Å². The first-order valence-electron chi connectivity index (χ1n) is 22.7. The van der Waals surface area contributed by atoms with Gasteiger partial charge in [-0.1, -0.05) is 24.3 Å². The van der Waals surface area contributed by atoms with Gasteiger partial charge in [-0.3, -0.25) is 19.8 Å². The van der Waals surface area contributed by atoms with Crippen LogP contribution in [0.25, 0.3) is 22.3 Å². The van der Waals surface area contributed by atoms with E-state index in [1.807, 2.05) is 42.5 Å². The Bertz CT molecular complexity index is 2570. The van der Waals surface area contributed by atoms with Crippen LogP contribution in [0.5, 0.6) is 5.75 Å². The normalized spacial score (nSPS) is 22.2. The molecule has 64 heavy (non-hydrogen) atoms. The van der Waals surface area contributed by atoms with Gasteiger partial charge in [0, 0.05) is 113 Å². The van der Waals surface area contributed by atoms with E-state index in [1.165, 1.54) is 5.56 Å². The predicted molar refractivity (Wildman–Crippen MR) is 241 cm³/mol. The molecule has 334 valence electrons. The van der Waals surface area contributed by atoms with Crippen LogP contribution in [0.3, 0.4) is 0 Å². The first-order valence-corrected chi connectivity index (χ1v) is 22.7. The number of imide groups is 1. The molecule has 15 nitrogen and oxygen atoms in total. The van der Waals surface area contributed by atoms with E-state index in [0.29, 0.717) is 86.4 Å². The van der Waals surface area contributed by atoms with E-state index in [1.54, 1.807) is 41.3 Å². The minimum Gasteiger partial charge on any atom is -0.507 e. The fourth-order valence-corrected chi connectivity index (χ4v) is 10.4. The quantitative estimate of drug-likeness (QED) is 0.142. The summed E-state index contributed by atoms with van der Waals surface area (Å²) in [6, 6.07) is 18.5. The Hall–Kier alpha value is -6.13. The molecule has 4 amide bonds. The van der Waals surface area contributed by atoms with Gasteiger partial charge in [0.05, 0.1) is 29.4 Å². The van der Waals surface area contributed by atoms with Crippen LogP contribution in [-0.4, -0.2) is 124 Å². The number of urea groups is 1. The van der Waals surface area contributed by atoms with Crippen LogP contribution in [0.1, 0.15) is 90.7 Å². The lowest BCUT2D eigenvalue weighted by atomic mass is 9.87. The molecule has 5 fully saturated rings. The van der Waals surface area contributed by atoms with Gasteiger partial charge in [-0.15, -0.1) is 10.2 Å². The lowest BCUT2D eigenvalue weighted by molar-refractivity contribution is -0.120. The van der Waals surface area contributed by atoms with Crippen LogP contribution in [0, 0.1) is 0 Å². The Morgan fingerprint density at radius 1 is 0.953 bits per heavy atom. The van der Waals surface area contributed by atoms with Crippen molar-refractivity contribution in [3.8, 4) is 17.0 Å². The fraction of sp³-hybridized carbons (Fsp3) is 0.458. The zero-order chi connectivity index (χ0) is 44.1. The third-order valence-electron chi connectivity index (χ3n) is 14.2. The standard InChI is InChI=1S/C48H55FN10O5/c1-64-42-14-20-57(40-25-39(53-54-44(40)50)35-4-2-3-5-41(35)60)27-38(42)31-8-10-32(11-9-31)46(62)56-22-16-48(49,17-23-56)29-55-18-12-33(13-19-55)59-28-37(30-6-7-30)36-24-34(26-51-45(36)59)58-21-15-43(61)52-47(58)63/h2-5,8-11,24-26,28,30,33,38,42,60H,6-7,12-23,27,29H2,1H3,(H2,50,54)(H,52,61,63)/t38-,42-/m0/s1. The minimum absolute atomic E-state index is 0.00537. The first kappa shape index (κ1) is 41.9. The molecule has 4 saturated heterocycles. The molecule has 4 aliphatic heterocycles. The zero-order valence-corrected chi connectivity index (χ0v) is 36.2. The summed E-state index contributed by atoms with van der Waals surface area (Å²) in [7, 11) is 1.73. The van der Waals surface area contributed by atoms with Gasteiger partial charge in [-0.25, -0.2) is 14.2 Å². The molecule has 3 aromatic heterocycles. The van der Waals surface area contributed by atoms with Gasteiger partial charge in [-0.05, 0) is 85.5 Å². The van der Waals surface area contributed by atoms with Gasteiger partial charge in [0.1, 0.15) is 17.1 Å². The molecule has 0 spiro atoms. The molecular weight excluding hydrogens is 816 g/mol. The number of anilines is 3. The molecule has 1 saturated carbocycles. The molecule has 16 heteroatoms. The molecule has 1 aliphatic carbocycles. The van der Waals surface area contributed by atoms with E-state index in [4.69, 9.17) is 15.5 Å². The van der Waals surface area contributed by atoms with Gasteiger partial charge in [0.2, 0.25) is 5.91 Å². The molecule has 0 bridgehead atoms. The Labute approximate surface area is 371 Å². The SMILES string of the molecule is CO[C@H]1CCN(c2cc(-c3ccccc3O)nnc2N)C[C@H]1c1ccc(C(=O)N2CCC(F)(CN3CCC(n4cc(C5CC5)c5cc(N6CCC(=O)NC6=O)cnc54)CC3)CC2)cc1. The predicted octanol–water partition coefficient (Wildman–Crippen LogP) is 6.40. The number of piperidine rings is 3. The highest BCUT2D eigenvalue weighted by Crippen LogP contribution is 2.46. The van der Waals surface area contributed by atoms with Gasteiger partial charge in [0.15, 0.2) is 5.82 Å². The third-order valence-corrected chi connectivity index (χ3v) is 14.2. The van der Waals surface area contributed by atoms with Crippen molar-refractivity contribution >= 4 is 46.1 Å². The van der Waals surface area contributed by atoms with Crippen molar-refractivity contribution in [1.29, 1.82) is 0 Å². The van der Waals surface area contributed by atoms with Gasteiger partial charge in [-0.2, -0.15) is 0 Å². The Morgan fingerprint density at radius 3 is 2.44 bits per heavy atom. The van der Waals surface area contributed by atoms with Crippen molar-refractivity contribution in [3.05, 3.63) is 89.7 Å². The summed E-state index contributed by atoms with van der Waals surface area (Å²) in [6.07, 6.45) is 9.59. The number of likely N-dealkylation sites (tertiary alicyclic amines) is 2. The Morgan fingerprint density at radius 2 is 1.72 bits per heavy atom. The summed E-state index contributed by atoms with van der Waals surface area (Å²) in [5, 5.41) is 22.4. The van der Waals surface area contributed by atoms with Gasteiger partial charge < -0.3 is 34.8 Å². The fourth-order valence-electron chi connectivity index (χ4n) is 10.4. The molecule has 0 radical (unpaired) electrons. The van der Waals surface area contributed by atoms with Crippen LogP contribution in [-0.2, 0) is 9.53 Å². The summed E-state index contributed by atoms with van der Waals surface area (Å²) in [5.74, 6) is 0.564. The number of ether oxygens (including phenoxy) is 1. The number of pyridine rings is 1. The molecule has 2 atom stereocenters. The van der Waals surface area contributed by atoms with E-state index in [0.717, 1.165) is 67.5 Å². The number of nitrogens with two attached hydrogens (primary N) is 1. The van der Waals surface area contributed by atoms with E-state index < -0.39 is 11.7 Å². The number of alkyl halides is 1. The number of aromatic hydroxyl groups is 1. The highest BCUT2D eigenvalue weighted by molar-refractivity contribution is 6.06. The second kappa shape index (κ2) is 17.1. The number of phenols is 1. The van der Waals surface area contributed by atoms with Crippen LogP contribution < -0.4 is 20.9 Å². The monoisotopic (exact) mass is 870 g/mol. The highest BCUT2D eigenvalue weighted by atomic mass is 19.1. The highest BCUT2D eigenvalue weighted by Gasteiger charge is 2.40. The molecule has 2 aromatic carbocycles. The number of carbonyl (C=O) groups excluding carboxylic acids is 3. The number of halogens is 1. The maximum Gasteiger partial charge on any atom is 0.328 e. The van der Waals surface area contributed by atoms with E-state index in [2.05, 4.69) is 36.1 Å². The lowest BCUT2D eigenvalue weighted by Crippen LogP contribution is -2.51. The minimum atomic E-state index is -1.37. The van der Waals surface area contributed by atoms with Crippen molar-refractivity contribution in [2.24, 2.45) is 0 Å². The number of carbonyl (C=O) groups is 3. The van der Waals surface area contributed by atoms with Crippen molar-refractivity contribution in [1.82, 2.24) is 34.9 Å². The maximum absolute atomic E-state index is 16.5. The number of phenolic OH excluding ortho intramolecular Hbond substituents is 1. The Kier molecular flexibility index (Phi) is 11.2. The Balaban J connectivity index is 0.741. The van der Waals surface area contributed by atoms with Crippen LogP contribution >= 0.6 is 0 Å². The second-order valence-electron chi connectivity index (χ2n) is 18.3. The number of amides is 4. The number of benzene rings is 2. The number of rotatable bonds is 10. The average molecular weight is 871 g/mol. The number of aromatic nitrogens is 4. The summed E-state index contributed by atoms with van der Waals surface area (Å²) in [5.41, 5.74) is 11.3. The summed E-state index contributed by atoms with van der Waals surface area (Å²) in [4.78, 5) is 50.8. The number of hydrogen-bond donors (Lipinski definition) is 3. The average Bonchev–Trinajstić information content (AvgIpc) is 4.09. The first-order chi connectivity index (χ1) is 31.0. The topological polar surface area (TPSA) is 175 Å². The molecule has 10 rings (SSSR count). The van der Waals surface area contributed by atoms with Crippen molar-refractivity contribution in [3.63, 3.8) is 0 Å². The molecule has 0 unspecified atom stereocenters. The molecule has 4 N–H and O–H groups in total. The number of nitrogens with zero attached hydrogens (tertiary/aromatic N) is 8. The molecular formula is C48H55FN10O5. The van der Waals surface area contributed by atoms with Crippen molar-refractivity contribution in [2.45, 2.75) is 81.0 Å². The van der Waals surface area contributed by atoms with E-state index in [9.17, 15) is 19.5 Å². The van der Waals surface area contributed by atoms with Gasteiger partial charge >= 0.3 is 6.03 Å². The lowest BCUT2D eigenvalue weighted by Gasteiger charge is -2.41. The number of nitrogen functional groups attached to an aromatic ring is 1. The maximum atomic E-state index is 16.5. The summed E-state index contributed by atoms with van der Waals surface area (Å²) in [6.45, 7) is 4.28. The number of para-hydroxylation sites is 1. The summed E-state index contributed by atoms with van der Waals surface area (Å²) < 4.78 is 24.8. The number of hydrogen-bond acceptors (Lipinski definition) is 11. The van der Waals surface area contributed by atoms with Crippen LogP contribution in [0.4, 0.5) is 26.4 Å². The third kappa shape index (κ3) is 8.24. The van der Waals surface area contributed by atoms with E-state index >= 15 is 4.39 Å². The molecule has 7 heterocycles. The zero-order valence-electron chi connectivity index (χ0n) is 36.2. The van der Waals surface area contributed by atoms with Gasteiger partial charge in [0.25, 0.3) is 5.91 Å². The largest absolute Gasteiger partial charge is 0.507 e. The smallest absolute Gasteiger partial charge is 0.328 e. The van der Waals surface area contributed by atoms with Crippen LogP contribution in [0.2, 0.25) is 0 Å². The van der Waals surface area contributed by atoms with Crippen LogP contribution in [0.15, 0.2) is 73.1 Å². The molecule has 5 aromatic rings. The van der Waals surface area contributed by atoms with Crippen molar-refractivity contribution < 1.29 is 28.6 Å². The number of nitrogens with one attached hydrogen (secondary N) is 1. The molecule has 5 aliphatic rings. The second-order valence-corrected chi connectivity index (χ2v) is 18.3.